The van der Waals surface area contributed by atoms with Gasteiger partial charge < -0.3 is 45.5 Å². The van der Waals surface area contributed by atoms with Gasteiger partial charge in [-0.1, -0.05) is 157 Å². The lowest BCUT2D eigenvalue weighted by Crippen LogP contribution is -2.36. The molecule has 6 aromatic carbocycles. The predicted octanol–water partition coefficient (Wildman–Crippen LogP) is 14.4. The van der Waals surface area contributed by atoms with Crippen molar-refractivity contribution in [3.8, 4) is 17.2 Å². The Kier molecular flexibility index (Phi) is 31.0. The molecule has 94 heavy (non-hydrogen) atoms. The lowest BCUT2D eigenvalue weighted by atomic mass is 9.90. The number of carbonyl (C=O) groups is 5. The van der Waals surface area contributed by atoms with Gasteiger partial charge in [0.1, 0.15) is 23.4 Å². The van der Waals surface area contributed by atoms with E-state index in [0.717, 1.165) is 40.5 Å². The summed E-state index contributed by atoms with van der Waals surface area (Å²) in [7, 11) is 0. The lowest BCUT2D eigenvalue weighted by molar-refractivity contribution is 0.0109. The molecule has 5 aliphatic rings. The average molecular weight is 1290 g/mol. The fourth-order valence-corrected chi connectivity index (χ4v) is 12.7. The van der Waals surface area contributed by atoms with E-state index in [1.54, 1.807) is 79.7 Å². The van der Waals surface area contributed by atoms with Gasteiger partial charge in [-0.05, 0) is 165 Å². The number of nitrogens with one attached hydrogen (secondary N) is 2. The Morgan fingerprint density at radius 2 is 0.809 bits per heavy atom. The van der Waals surface area contributed by atoms with Crippen molar-refractivity contribution in [3.05, 3.63) is 196 Å². The van der Waals surface area contributed by atoms with Gasteiger partial charge in [0, 0.05) is 33.0 Å². The molecule has 6 atom stereocenters. The molecule has 0 unspecified atom stereocenters. The van der Waals surface area contributed by atoms with E-state index in [0.29, 0.717) is 65.3 Å². The van der Waals surface area contributed by atoms with Gasteiger partial charge in [-0.25, -0.2) is 15.9 Å². The number of fused-ring (bicyclic) bond motifs is 2. The Labute approximate surface area is 556 Å². The SMILES string of the molecule is CCO.C[C@@H](CN)[C@@H](O)c1cccc(OCC2CCCCC2)c1.C[C@@H](CN1C(=O)c2ccccc2C1=O)[C@@H](OC(=O)c1ccccc1)c1cccc(OCC2CCCCC2)c1.C[C@@H](CN1C(=O)c2ccccc2C1=O)[C@H](O)c1cccc(OCC2CCCCC2)c1.N=N.O.[HH]. The van der Waals surface area contributed by atoms with Crippen molar-refractivity contribution in [2.45, 2.75) is 142 Å². The van der Waals surface area contributed by atoms with E-state index >= 15 is 0 Å². The molecule has 18 heteroatoms. The van der Waals surface area contributed by atoms with Crippen LogP contribution in [0.15, 0.2) is 152 Å². The van der Waals surface area contributed by atoms with E-state index in [4.69, 9.17) is 40.8 Å². The van der Waals surface area contributed by atoms with Crippen LogP contribution in [0.25, 0.3) is 0 Å². The predicted molar refractivity (Wildman–Crippen MR) is 364 cm³/mol. The third-order valence-corrected chi connectivity index (χ3v) is 18.1. The van der Waals surface area contributed by atoms with Gasteiger partial charge in [-0.15, -0.1) is 0 Å². The Bertz CT molecular complexity index is 3250. The van der Waals surface area contributed by atoms with E-state index in [1.165, 1.54) is 106 Å². The Morgan fingerprint density at radius 3 is 1.17 bits per heavy atom. The van der Waals surface area contributed by atoms with Crippen LogP contribution in [-0.2, 0) is 4.74 Å². The maximum Gasteiger partial charge on any atom is 0.338 e. The molecule has 2 heterocycles. The number of rotatable bonds is 22. The lowest BCUT2D eigenvalue weighted by Gasteiger charge is -2.28. The molecule has 3 aliphatic carbocycles. The standard InChI is InChI=1S/C32H33NO5.C25H29NO4.C17H27NO2.C2H6O.H2N2.H2O.H2/c1-22(20-33-30(34)27-17-8-9-18-28(27)31(33)35)29(38-32(36)24-13-6-3-7-14-24)25-15-10-16-26(19-25)37-21-23-11-4-2-5-12-23;1-17(15-26-24(28)21-12-5-6-13-22(21)25(26)29)23(27)19-10-7-11-20(14-19)30-16-18-8-3-2-4-9-18;1-13(11-18)17(19)15-8-5-9-16(10-15)20-12-14-6-3-2-4-7-14;1-2-3;1-2;;/h3,6-10,13-19,22-23,29H,2,4-5,11-12,20-21H2,1H3;5-7,10-14,17-18,23,27H,2-4,8-9,15-16H2,1H3;5,8-10,13-14,17,19H,2-4,6-7,11-12,18H2,1H3;3H,2H2,1H3;1-2H;1H2;1H/t22-,29+;17-,23-;13-,17+;;;;/m000..../s1. The van der Waals surface area contributed by atoms with Crippen LogP contribution in [0.2, 0.25) is 0 Å². The summed E-state index contributed by atoms with van der Waals surface area (Å²) in [6.07, 6.45) is 17.1. The summed E-state index contributed by atoms with van der Waals surface area (Å²) in [6.45, 7) is 10.6. The van der Waals surface area contributed by atoms with Crippen molar-refractivity contribution >= 4 is 29.6 Å². The molecule has 4 amide bonds. The van der Waals surface area contributed by atoms with Crippen molar-refractivity contribution in [2.75, 3.05) is 46.1 Å². The van der Waals surface area contributed by atoms with Gasteiger partial charge in [0.05, 0.1) is 59.8 Å². The molecule has 18 nitrogen and oxygen atoms in total. The van der Waals surface area contributed by atoms with Gasteiger partial charge in [-0.2, -0.15) is 0 Å². The summed E-state index contributed by atoms with van der Waals surface area (Å²) in [6, 6.07) is 45.4. The number of nitrogens with zero attached hydrogens (tertiary/aromatic N) is 2. The monoisotopic (exact) mass is 1290 g/mol. The minimum Gasteiger partial charge on any atom is -0.493 e. The zero-order valence-corrected chi connectivity index (χ0v) is 55.2. The number of ether oxygens (including phenoxy) is 4. The van der Waals surface area contributed by atoms with Crippen LogP contribution in [0.1, 0.15) is 212 Å². The molecule has 0 spiro atoms. The summed E-state index contributed by atoms with van der Waals surface area (Å²) >= 11 is 0. The topological polar surface area (TPSA) is 295 Å². The molecule has 9 N–H and O–H groups in total. The third-order valence-electron chi connectivity index (χ3n) is 18.1. The molecule has 0 radical (unpaired) electrons. The van der Waals surface area contributed by atoms with Crippen LogP contribution in [0.3, 0.4) is 0 Å². The maximum atomic E-state index is 13.1. The van der Waals surface area contributed by atoms with Crippen molar-refractivity contribution in [3.63, 3.8) is 0 Å². The molecule has 11 rings (SSSR count). The number of aliphatic hydroxyl groups excluding tert-OH is 3. The van der Waals surface area contributed by atoms with Gasteiger partial charge >= 0.3 is 5.97 Å². The number of benzene rings is 6. The van der Waals surface area contributed by atoms with E-state index < -0.39 is 24.3 Å². The van der Waals surface area contributed by atoms with Crippen LogP contribution < -0.4 is 19.9 Å². The van der Waals surface area contributed by atoms with E-state index in [2.05, 4.69) is 0 Å². The summed E-state index contributed by atoms with van der Waals surface area (Å²) in [5, 5.41) is 28.6. The molecular formula is C76H101N5O13. The van der Waals surface area contributed by atoms with Gasteiger partial charge in [-0.3, -0.25) is 29.0 Å². The Morgan fingerprint density at radius 1 is 0.489 bits per heavy atom. The fourth-order valence-electron chi connectivity index (χ4n) is 12.7. The Hall–Kier alpha value is -8.13. The van der Waals surface area contributed by atoms with Crippen LogP contribution in [0.5, 0.6) is 17.2 Å². The zero-order chi connectivity index (χ0) is 66.7. The quantitative estimate of drug-likeness (QED) is 0.0210. The highest BCUT2D eigenvalue weighted by molar-refractivity contribution is 6.22. The molecule has 3 saturated carbocycles. The Balaban J connectivity index is 0.000000257. The molecule has 0 bridgehead atoms. The van der Waals surface area contributed by atoms with Crippen LogP contribution in [-0.4, -0.2) is 106 Å². The largest absolute Gasteiger partial charge is 0.493 e. The molecule has 0 aromatic heterocycles. The highest BCUT2D eigenvalue weighted by Crippen LogP contribution is 2.36. The summed E-state index contributed by atoms with van der Waals surface area (Å²) in [4.78, 5) is 66.8. The first kappa shape index (κ1) is 74.9. The highest BCUT2D eigenvalue weighted by atomic mass is 16.5. The number of hydrogen-bond acceptors (Lipinski definition) is 15. The van der Waals surface area contributed by atoms with Crippen molar-refractivity contribution in [1.29, 1.82) is 11.1 Å². The van der Waals surface area contributed by atoms with E-state index in [-0.39, 0.29) is 68.0 Å². The number of aliphatic hydroxyl groups is 3. The average Bonchev–Trinajstić information content (AvgIpc) is 1.65. The van der Waals surface area contributed by atoms with Gasteiger partial charge in [0.2, 0.25) is 0 Å². The highest BCUT2D eigenvalue weighted by Gasteiger charge is 2.39. The van der Waals surface area contributed by atoms with Crippen molar-refractivity contribution in [1.82, 2.24) is 9.80 Å². The number of imide groups is 2. The first-order chi connectivity index (χ1) is 45.2. The van der Waals surface area contributed by atoms with Crippen molar-refractivity contribution in [2.24, 2.45) is 41.2 Å². The van der Waals surface area contributed by atoms with Gasteiger partial charge in [0.15, 0.2) is 0 Å². The van der Waals surface area contributed by atoms with Crippen LogP contribution in [0, 0.1) is 46.6 Å². The van der Waals surface area contributed by atoms with E-state index in [1.807, 2.05) is 99.6 Å². The normalized spacial score (nSPS) is 17.4. The smallest absolute Gasteiger partial charge is 0.338 e. The number of amides is 4. The van der Waals surface area contributed by atoms with Crippen LogP contribution in [0.4, 0.5) is 0 Å². The summed E-state index contributed by atoms with van der Waals surface area (Å²) in [5.41, 5.74) is 20.1. The minimum atomic E-state index is -0.799. The van der Waals surface area contributed by atoms with Gasteiger partial charge in [0.25, 0.3) is 23.6 Å². The molecule has 3 fully saturated rings. The first-order valence-electron chi connectivity index (χ1n) is 33.4. The number of carbonyl (C=O) groups excluding carboxylic acids is 5. The molecular weight excluding hydrogens is 1190 g/mol. The molecule has 0 saturated heterocycles. The molecule has 508 valence electrons. The second-order valence-electron chi connectivity index (χ2n) is 25.3. The number of esters is 1. The third kappa shape index (κ3) is 21.2. The van der Waals surface area contributed by atoms with Crippen molar-refractivity contribution < 1.29 is 65.1 Å². The number of hydrogen-bond donors (Lipinski definition) is 6. The molecule has 2 aliphatic heterocycles. The maximum absolute atomic E-state index is 13.1. The summed E-state index contributed by atoms with van der Waals surface area (Å²) in [5.74, 6) is 1.90. The fraction of sp³-hybridized carbons (Fsp3) is 0.461. The number of nitrogens with two attached hydrogens (primary N) is 1. The van der Waals surface area contributed by atoms with E-state index in [9.17, 15) is 34.2 Å². The van der Waals surface area contributed by atoms with Crippen LogP contribution >= 0.6 is 0 Å². The second kappa shape index (κ2) is 38.9. The zero-order valence-electron chi connectivity index (χ0n) is 55.2. The second-order valence-corrected chi connectivity index (χ2v) is 25.3. The first-order valence-corrected chi connectivity index (χ1v) is 33.4. The minimum absolute atomic E-state index is 0. The summed E-state index contributed by atoms with van der Waals surface area (Å²) < 4.78 is 24.1. The molecule has 6 aromatic rings.